The molecule has 1 fully saturated rings. The first-order valence-electron chi connectivity index (χ1n) is 2.54. The predicted molar refractivity (Wildman–Crippen MR) is 32.9 cm³/mol. The van der Waals surface area contributed by atoms with Crippen molar-refractivity contribution in [2.45, 2.75) is 6.42 Å². The third-order valence-corrected chi connectivity index (χ3v) is 2.07. The molecule has 0 bridgehead atoms. The first kappa shape index (κ1) is 6.08. The number of hydrogen-bond donors (Lipinski definition) is 0. The van der Waals surface area contributed by atoms with E-state index in [-0.39, 0.29) is 5.97 Å². The highest BCUT2D eigenvalue weighted by molar-refractivity contribution is 9.09. The van der Waals surface area contributed by atoms with Gasteiger partial charge in [0.1, 0.15) is 0 Å². The van der Waals surface area contributed by atoms with E-state index in [1.54, 1.807) is 0 Å². The number of ether oxygens (including phenoxy) is 1. The summed E-state index contributed by atoms with van der Waals surface area (Å²) in [4.78, 5) is 10.4. The third kappa shape index (κ3) is 1.22. The molecule has 0 aliphatic carbocycles. The van der Waals surface area contributed by atoms with Crippen LogP contribution in [0.4, 0.5) is 0 Å². The number of halogens is 1. The molecule has 1 saturated heterocycles. The minimum absolute atomic E-state index is 0.0607. The lowest BCUT2D eigenvalue weighted by molar-refractivity contribution is -0.137. The zero-order valence-electron chi connectivity index (χ0n) is 4.39. The summed E-state index contributed by atoms with van der Waals surface area (Å²) in [5.74, 6) is 0.358. The Morgan fingerprint density at radius 1 is 1.88 bits per heavy atom. The number of esters is 1. The van der Waals surface area contributed by atoms with Crippen LogP contribution in [0.15, 0.2) is 0 Å². The highest BCUT2D eigenvalue weighted by Crippen LogP contribution is 2.15. The molecule has 0 radical (unpaired) electrons. The molecule has 46 valence electrons. The maximum atomic E-state index is 10.4. The molecule has 0 aromatic heterocycles. The van der Waals surface area contributed by atoms with Gasteiger partial charge < -0.3 is 4.74 Å². The molecule has 8 heavy (non-hydrogen) atoms. The summed E-state index contributed by atoms with van der Waals surface area (Å²) in [5, 5.41) is 0.874. The van der Waals surface area contributed by atoms with E-state index in [0.29, 0.717) is 18.9 Å². The second kappa shape index (κ2) is 2.49. The first-order chi connectivity index (χ1) is 3.83. The number of carbonyl (C=O) groups excluding carboxylic acids is 1. The molecule has 1 unspecified atom stereocenters. The maximum Gasteiger partial charge on any atom is 0.306 e. The Morgan fingerprint density at radius 3 is 2.88 bits per heavy atom. The van der Waals surface area contributed by atoms with Crippen LogP contribution in [0.2, 0.25) is 0 Å². The normalized spacial score (nSPS) is 28.1. The quantitative estimate of drug-likeness (QED) is 0.442. The molecule has 0 saturated carbocycles. The molecule has 0 spiro atoms. The van der Waals surface area contributed by atoms with Gasteiger partial charge in [0.25, 0.3) is 0 Å². The van der Waals surface area contributed by atoms with Gasteiger partial charge in [-0.05, 0) is 0 Å². The maximum absolute atomic E-state index is 10.4. The lowest BCUT2D eigenvalue weighted by atomic mass is 10.2. The molecule has 1 atom stereocenters. The highest BCUT2D eigenvalue weighted by atomic mass is 79.9. The van der Waals surface area contributed by atoms with E-state index in [9.17, 15) is 4.79 Å². The third-order valence-electron chi connectivity index (χ3n) is 1.15. The van der Waals surface area contributed by atoms with Crippen molar-refractivity contribution in [2.24, 2.45) is 5.92 Å². The van der Waals surface area contributed by atoms with Crippen LogP contribution in [0.1, 0.15) is 6.42 Å². The van der Waals surface area contributed by atoms with Crippen molar-refractivity contribution in [1.29, 1.82) is 0 Å². The van der Waals surface area contributed by atoms with E-state index in [1.807, 2.05) is 0 Å². The fourth-order valence-electron chi connectivity index (χ4n) is 0.663. The van der Waals surface area contributed by atoms with Crippen molar-refractivity contribution in [2.75, 3.05) is 11.9 Å². The monoisotopic (exact) mass is 178 g/mol. The summed E-state index contributed by atoms with van der Waals surface area (Å²) in [6.45, 7) is 0.601. The Balaban J connectivity index is 2.32. The average molecular weight is 179 g/mol. The van der Waals surface area contributed by atoms with Crippen molar-refractivity contribution in [3.63, 3.8) is 0 Å². The fourth-order valence-corrected chi connectivity index (χ4v) is 1.08. The van der Waals surface area contributed by atoms with Gasteiger partial charge in [0.15, 0.2) is 0 Å². The summed E-state index contributed by atoms with van der Waals surface area (Å²) >= 11 is 3.27. The van der Waals surface area contributed by atoms with Crippen LogP contribution in [0, 0.1) is 5.92 Å². The molecule has 1 heterocycles. The van der Waals surface area contributed by atoms with Gasteiger partial charge >= 0.3 is 5.97 Å². The lowest BCUT2D eigenvalue weighted by Gasteiger charge is -1.94. The molecule has 1 aliphatic rings. The van der Waals surface area contributed by atoms with E-state index in [0.717, 1.165) is 5.33 Å². The zero-order chi connectivity index (χ0) is 5.98. The van der Waals surface area contributed by atoms with Crippen LogP contribution in [0.25, 0.3) is 0 Å². The molecule has 0 N–H and O–H groups in total. The van der Waals surface area contributed by atoms with E-state index >= 15 is 0 Å². The van der Waals surface area contributed by atoms with Crippen LogP contribution in [-0.4, -0.2) is 17.9 Å². The number of rotatable bonds is 1. The van der Waals surface area contributed by atoms with Gasteiger partial charge in [-0.3, -0.25) is 4.79 Å². The van der Waals surface area contributed by atoms with Gasteiger partial charge in [0.2, 0.25) is 0 Å². The van der Waals surface area contributed by atoms with Crippen molar-refractivity contribution in [3.05, 3.63) is 0 Å². The summed E-state index contributed by atoms with van der Waals surface area (Å²) < 4.78 is 4.69. The predicted octanol–water partition coefficient (Wildman–Crippen LogP) is 0.944. The van der Waals surface area contributed by atoms with Gasteiger partial charge in [-0.2, -0.15) is 0 Å². The first-order valence-corrected chi connectivity index (χ1v) is 3.66. The van der Waals surface area contributed by atoms with Crippen molar-refractivity contribution < 1.29 is 9.53 Å². The average Bonchev–Trinajstić information content (AvgIpc) is 2.14. The minimum atomic E-state index is -0.0607. The standard InChI is InChI=1S/C5H7BrO2/c6-2-4-1-5(7)8-3-4/h4H,1-3H2. The molecule has 0 aromatic carbocycles. The van der Waals surface area contributed by atoms with Crippen LogP contribution in [0.5, 0.6) is 0 Å². The molecule has 3 heteroatoms. The van der Waals surface area contributed by atoms with Crippen LogP contribution in [-0.2, 0) is 9.53 Å². The zero-order valence-corrected chi connectivity index (χ0v) is 5.98. The van der Waals surface area contributed by atoms with E-state index < -0.39 is 0 Å². The van der Waals surface area contributed by atoms with E-state index in [2.05, 4.69) is 20.7 Å². The topological polar surface area (TPSA) is 26.3 Å². The smallest absolute Gasteiger partial charge is 0.306 e. The minimum Gasteiger partial charge on any atom is -0.465 e. The number of cyclic esters (lactones) is 1. The Bertz CT molecular complexity index is 103. The fraction of sp³-hybridized carbons (Fsp3) is 0.800. The van der Waals surface area contributed by atoms with Gasteiger partial charge in [0, 0.05) is 11.2 Å². The van der Waals surface area contributed by atoms with Gasteiger partial charge in [-0.1, -0.05) is 15.9 Å². The molecule has 2 nitrogen and oxygen atoms in total. The molecule has 0 aromatic rings. The summed E-state index contributed by atoms with van der Waals surface area (Å²) in [6.07, 6.45) is 0.589. The number of hydrogen-bond acceptors (Lipinski definition) is 2. The number of alkyl halides is 1. The van der Waals surface area contributed by atoms with E-state index in [4.69, 9.17) is 0 Å². The summed E-state index contributed by atoms with van der Waals surface area (Å²) in [7, 11) is 0. The Hall–Kier alpha value is -0.0500. The van der Waals surface area contributed by atoms with Crippen LogP contribution < -0.4 is 0 Å². The second-order valence-corrected chi connectivity index (χ2v) is 2.55. The summed E-state index contributed by atoms with van der Waals surface area (Å²) in [6, 6.07) is 0. The molecule has 0 amide bonds. The number of carbonyl (C=O) groups is 1. The van der Waals surface area contributed by atoms with Crippen molar-refractivity contribution in [1.82, 2.24) is 0 Å². The molecule has 1 aliphatic heterocycles. The van der Waals surface area contributed by atoms with Gasteiger partial charge in [-0.15, -0.1) is 0 Å². The van der Waals surface area contributed by atoms with E-state index in [1.165, 1.54) is 0 Å². The SMILES string of the molecule is O=C1CC(CBr)CO1. The van der Waals surface area contributed by atoms with Crippen molar-refractivity contribution in [3.8, 4) is 0 Å². The Kier molecular flexibility index (Phi) is 1.89. The molecule has 1 rings (SSSR count). The van der Waals surface area contributed by atoms with Gasteiger partial charge in [-0.25, -0.2) is 0 Å². The van der Waals surface area contributed by atoms with Gasteiger partial charge in [0.05, 0.1) is 13.0 Å². The van der Waals surface area contributed by atoms with Crippen molar-refractivity contribution >= 4 is 21.9 Å². The van der Waals surface area contributed by atoms with Crippen LogP contribution in [0.3, 0.4) is 0 Å². The molecular formula is C5H7BrO2. The largest absolute Gasteiger partial charge is 0.465 e. The Labute approximate surface area is 56.3 Å². The lowest BCUT2D eigenvalue weighted by Crippen LogP contribution is -1.98. The summed E-state index contributed by atoms with van der Waals surface area (Å²) in [5.41, 5.74) is 0. The van der Waals surface area contributed by atoms with Crippen LogP contribution >= 0.6 is 15.9 Å². The highest BCUT2D eigenvalue weighted by Gasteiger charge is 2.21. The molecular weight excluding hydrogens is 172 g/mol. The Morgan fingerprint density at radius 2 is 2.62 bits per heavy atom. The second-order valence-electron chi connectivity index (χ2n) is 1.91.